The Kier molecular flexibility index (Phi) is 8.27. The highest BCUT2D eigenvalue weighted by Gasteiger charge is 2.31. The number of aromatic nitrogens is 2. The maximum absolute atomic E-state index is 13.1. The number of carbonyl (C=O) groups excluding carboxylic acids is 1. The van der Waals surface area contributed by atoms with E-state index < -0.39 is 11.9 Å². The van der Waals surface area contributed by atoms with Crippen molar-refractivity contribution in [3.05, 3.63) is 88.6 Å². The van der Waals surface area contributed by atoms with Crippen LogP contribution in [-0.2, 0) is 4.79 Å². The molecule has 7 nitrogen and oxygen atoms in total. The van der Waals surface area contributed by atoms with E-state index >= 15 is 0 Å². The smallest absolute Gasteiger partial charge is 0.312 e. The van der Waals surface area contributed by atoms with Crippen LogP contribution in [0.2, 0.25) is 5.02 Å². The molecular weight excluding hydrogens is 502 g/mol. The second-order valence-electron chi connectivity index (χ2n) is 9.34. The number of aliphatic carboxylic acids is 1. The molecule has 3 atom stereocenters. The van der Waals surface area contributed by atoms with Crippen LogP contribution >= 0.6 is 11.6 Å². The van der Waals surface area contributed by atoms with Crippen molar-refractivity contribution in [2.45, 2.75) is 39.2 Å². The van der Waals surface area contributed by atoms with Crippen molar-refractivity contribution >= 4 is 34.5 Å². The summed E-state index contributed by atoms with van der Waals surface area (Å²) >= 11 is 6.08. The molecule has 0 saturated carbocycles. The average Bonchev–Trinajstić information content (AvgIpc) is 2.92. The van der Waals surface area contributed by atoms with Crippen LogP contribution in [-0.4, -0.2) is 34.1 Å². The van der Waals surface area contributed by atoms with Crippen molar-refractivity contribution in [2.75, 3.05) is 7.11 Å². The molecule has 0 spiro atoms. The van der Waals surface area contributed by atoms with Gasteiger partial charge in [0.2, 0.25) is 0 Å². The van der Waals surface area contributed by atoms with Gasteiger partial charge in [0.05, 0.1) is 35.6 Å². The number of halogens is 1. The summed E-state index contributed by atoms with van der Waals surface area (Å²) in [5.74, 6) is -1.54. The zero-order valence-electron chi connectivity index (χ0n) is 21.7. The van der Waals surface area contributed by atoms with Crippen molar-refractivity contribution in [3.63, 3.8) is 0 Å². The van der Waals surface area contributed by atoms with Gasteiger partial charge in [-0.05, 0) is 60.9 Å². The van der Waals surface area contributed by atoms with Gasteiger partial charge in [-0.15, -0.1) is 0 Å². The summed E-state index contributed by atoms with van der Waals surface area (Å²) in [4.78, 5) is 35.1. The van der Waals surface area contributed by atoms with E-state index in [4.69, 9.17) is 26.3 Å². The maximum Gasteiger partial charge on any atom is 0.312 e. The molecule has 0 fully saturated rings. The molecule has 0 radical (unpaired) electrons. The SMILES string of the molecule is CCC(C)C(C(=O)O)c1nc2cc(C(=O)N[C@@H](C)c3ccc(OC)cc3)ccc2nc1-c1ccc(Cl)cc1. The summed E-state index contributed by atoms with van der Waals surface area (Å²) in [5.41, 5.74) is 3.95. The van der Waals surface area contributed by atoms with Crippen LogP contribution in [0.15, 0.2) is 66.7 Å². The summed E-state index contributed by atoms with van der Waals surface area (Å²) in [5, 5.41) is 13.7. The Bertz CT molecular complexity index is 1460. The van der Waals surface area contributed by atoms with Crippen LogP contribution in [0.3, 0.4) is 0 Å². The summed E-state index contributed by atoms with van der Waals surface area (Å²) in [6.45, 7) is 5.74. The van der Waals surface area contributed by atoms with E-state index in [0.29, 0.717) is 39.4 Å². The fourth-order valence-corrected chi connectivity index (χ4v) is 4.49. The third-order valence-corrected chi connectivity index (χ3v) is 7.06. The minimum Gasteiger partial charge on any atom is -0.497 e. The van der Waals surface area contributed by atoms with Crippen LogP contribution < -0.4 is 10.1 Å². The number of hydrogen-bond acceptors (Lipinski definition) is 5. The predicted octanol–water partition coefficient (Wildman–Crippen LogP) is 6.66. The number of methoxy groups -OCH3 is 1. The summed E-state index contributed by atoms with van der Waals surface area (Å²) < 4.78 is 5.20. The fourth-order valence-electron chi connectivity index (χ4n) is 4.37. The van der Waals surface area contributed by atoms with Crippen molar-refractivity contribution in [1.82, 2.24) is 15.3 Å². The first-order valence-electron chi connectivity index (χ1n) is 12.5. The highest BCUT2D eigenvalue weighted by molar-refractivity contribution is 6.30. The molecule has 2 N–H and O–H groups in total. The van der Waals surface area contributed by atoms with E-state index in [1.807, 2.05) is 45.0 Å². The Labute approximate surface area is 226 Å². The molecular formula is C30H30ClN3O4. The van der Waals surface area contributed by atoms with E-state index in [-0.39, 0.29) is 17.9 Å². The van der Waals surface area contributed by atoms with Gasteiger partial charge in [0.15, 0.2) is 0 Å². The number of benzene rings is 3. The summed E-state index contributed by atoms with van der Waals surface area (Å²) in [7, 11) is 1.61. The van der Waals surface area contributed by atoms with Crippen LogP contribution in [0.1, 0.15) is 60.8 Å². The fraction of sp³-hybridized carbons (Fsp3) is 0.267. The quantitative estimate of drug-likeness (QED) is 0.250. The molecule has 3 aromatic carbocycles. The normalized spacial score (nSPS) is 13.5. The Morgan fingerprint density at radius 3 is 2.26 bits per heavy atom. The second-order valence-corrected chi connectivity index (χ2v) is 9.77. The van der Waals surface area contributed by atoms with Crippen molar-refractivity contribution < 1.29 is 19.4 Å². The van der Waals surface area contributed by atoms with E-state index in [2.05, 4.69) is 5.32 Å². The molecule has 8 heteroatoms. The average molecular weight is 532 g/mol. The predicted molar refractivity (Wildman–Crippen MR) is 149 cm³/mol. The molecule has 0 bridgehead atoms. The molecule has 38 heavy (non-hydrogen) atoms. The lowest BCUT2D eigenvalue weighted by Gasteiger charge is -2.21. The van der Waals surface area contributed by atoms with Gasteiger partial charge in [0.25, 0.3) is 5.91 Å². The molecule has 0 saturated heterocycles. The topological polar surface area (TPSA) is 101 Å². The Balaban J connectivity index is 1.74. The maximum atomic E-state index is 13.1. The molecule has 4 aromatic rings. The number of nitrogens with one attached hydrogen (secondary N) is 1. The third kappa shape index (κ3) is 5.78. The summed E-state index contributed by atoms with van der Waals surface area (Å²) in [6, 6.07) is 19.4. The zero-order chi connectivity index (χ0) is 27.4. The molecule has 1 amide bonds. The van der Waals surface area contributed by atoms with Crippen molar-refractivity contribution in [3.8, 4) is 17.0 Å². The lowest BCUT2D eigenvalue weighted by molar-refractivity contribution is -0.140. The number of carbonyl (C=O) groups is 2. The number of ether oxygens (including phenoxy) is 1. The Morgan fingerprint density at radius 2 is 1.66 bits per heavy atom. The van der Waals surface area contributed by atoms with Gasteiger partial charge in [-0.25, -0.2) is 9.97 Å². The minimum atomic E-state index is -0.967. The van der Waals surface area contributed by atoms with Crippen LogP contribution in [0.5, 0.6) is 5.75 Å². The number of rotatable bonds is 9. The standard InChI is InChI=1S/C30H30ClN3O4/c1-5-17(2)26(30(36)37)28-27(20-6-11-22(31)12-7-20)33-24-15-10-21(16-25(24)34-28)29(35)32-18(3)19-8-13-23(38-4)14-9-19/h6-18,26H,5H2,1-4H3,(H,32,35)(H,36,37)/t17?,18-,26?/m0/s1. The highest BCUT2D eigenvalue weighted by Crippen LogP contribution is 2.34. The van der Waals surface area contributed by atoms with Crippen LogP contribution in [0.4, 0.5) is 0 Å². The molecule has 1 heterocycles. The molecule has 0 aliphatic heterocycles. The number of nitrogens with zero attached hydrogens (tertiary/aromatic N) is 2. The van der Waals surface area contributed by atoms with Gasteiger partial charge in [0, 0.05) is 16.1 Å². The van der Waals surface area contributed by atoms with Gasteiger partial charge < -0.3 is 15.2 Å². The largest absolute Gasteiger partial charge is 0.497 e. The molecule has 0 aliphatic carbocycles. The van der Waals surface area contributed by atoms with Gasteiger partial charge in [-0.3, -0.25) is 9.59 Å². The molecule has 1 aromatic heterocycles. The van der Waals surface area contributed by atoms with E-state index in [1.165, 1.54) is 0 Å². The molecule has 0 aliphatic rings. The Morgan fingerprint density at radius 1 is 0.974 bits per heavy atom. The van der Waals surface area contributed by atoms with Gasteiger partial charge in [-0.2, -0.15) is 0 Å². The number of carboxylic acid groups (broad SMARTS) is 1. The van der Waals surface area contributed by atoms with E-state index in [0.717, 1.165) is 16.9 Å². The van der Waals surface area contributed by atoms with Gasteiger partial charge in [0.1, 0.15) is 11.7 Å². The molecule has 2 unspecified atom stereocenters. The van der Waals surface area contributed by atoms with Crippen LogP contribution in [0.25, 0.3) is 22.3 Å². The van der Waals surface area contributed by atoms with E-state index in [1.54, 1.807) is 49.6 Å². The first-order chi connectivity index (χ1) is 18.2. The molecule has 196 valence electrons. The number of hydrogen-bond donors (Lipinski definition) is 2. The Hall–Kier alpha value is -3.97. The lowest BCUT2D eigenvalue weighted by Crippen LogP contribution is -2.26. The second kappa shape index (κ2) is 11.6. The van der Waals surface area contributed by atoms with Gasteiger partial charge >= 0.3 is 5.97 Å². The van der Waals surface area contributed by atoms with Crippen molar-refractivity contribution in [2.24, 2.45) is 5.92 Å². The first kappa shape index (κ1) is 27.1. The number of carboxylic acids is 1. The third-order valence-electron chi connectivity index (χ3n) is 6.81. The monoisotopic (exact) mass is 531 g/mol. The minimum absolute atomic E-state index is 0.179. The van der Waals surface area contributed by atoms with Crippen LogP contribution in [0, 0.1) is 5.92 Å². The van der Waals surface area contributed by atoms with Crippen molar-refractivity contribution in [1.29, 1.82) is 0 Å². The molecule has 4 rings (SSSR count). The zero-order valence-corrected chi connectivity index (χ0v) is 22.5. The van der Waals surface area contributed by atoms with Gasteiger partial charge in [-0.1, -0.05) is 56.1 Å². The van der Waals surface area contributed by atoms with E-state index in [9.17, 15) is 14.7 Å². The lowest BCUT2D eigenvalue weighted by atomic mass is 9.86. The summed E-state index contributed by atoms with van der Waals surface area (Å²) in [6.07, 6.45) is 0.655. The number of amides is 1. The first-order valence-corrected chi connectivity index (χ1v) is 12.8. The number of fused-ring (bicyclic) bond motifs is 1. The highest BCUT2D eigenvalue weighted by atomic mass is 35.5.